The van der Waals surface area contributed by atoms with Crippen LogP contribution in [-0.2, 0) is 28.9 Å². The number of benzene rings is 3. The molecule has 0 aliphatic rings. The van der Waals surface area contributed by atoms with Crippen LogP contribution in [0.4, 0.5) is 10.5 Å². The maximum Gasteiger partial charge on any atom is 0.410 e. The Morgan fingerprint density at radius 3 is 2.46 bits per heavy atom. The fraction of sp³-hybridized carbons (Fsp3) is 0.259. The van der Waals surface area contributed by atoms with Gasteiger partial charge in [0, 0.05) is 23.5 Å². The second-order valence-corrected chi connectivity index (χ2v) is 8.70. The van der Waals surface area contributed by atoms with Gasteiger partial charge in [-0.2, -0.15) is 0 Å². The molecule has 3 rings (SSSR count). The highest BCUT2D eigenvalue weighted by atomic mass is 32.2. The summed E-state index contributed by atoms with van der Waals surface area (Å²) in [6, 6.07) is 22.5. The van der Waals surface area contributed by atoms with Crippen molar-refractivity contribution < 1.29 is 24.2 Å². The predicted octanol–water partition coefficient (Wildman–Crippen LogP) is 6.00. The summed E-state index contributed by atoms with van der Waals surface area (Å²) in [4.78, 5) is 25.5. The van der Waals surface area contributed by atoms with E-state index in [0.717, 1.165) is 16.8 Å². The first-order valence-corrected chi connectivity index (χ1v) is 12.4. The number of amides is 1. The van der Waals surface area contributed by atoms with Crippen LogP contribution >= 0.6 is 11.9 Å². The maximum atomic E-state index is 12.8. The monoisotopic (exact) mass is 494 g/mol. The van der Waals surface area contributed by atoms with Crippen molar-refractivity contribution in [3.8, 4) is 11.5 Å². The van der Waals surface area contributed by atoms with E-state index in [0.29, 0.717) is 23.5 Å². The van der Waals surface area contributed by atoms with Gasteiger partial charge >= 0.3 is 12.1 Å². The van der Waals surface area contributed by atoms with Gasteiger partial charge in [-0.15, -0.1) is 0 Å². The Kier molecular flexibility index (Phi) is 9.43. The van der Waals surface area contributed by atoms with Gasteiger partial charge in [0.15, 0.2) is 0 Å². The Hall–Kier alpha value is -3.65. The number of hydrogen-bond donors (Lipinski definition) is 2. The quantitative estimate of drug-likeness (QED) is 0.316. The summed E-state index contributed by atoms with van der Waals surface area (Å²) in [6.07, 6.45) is 2.09. The lowest BCUT2D eigenvalue weighted by molar-refractivity contribution is -0.136. The molecular formula is C27H30N2O5S. The number of hydrogen-bond acceptors (Lipinski definition) is 6. The average Bonchev–Trinajstić information content (AvgIpc) is 2.84. The average molecular weight is 495 g/mol. The molecule has 3 aromatic carbocycles. The number of carbonyl (C=O) groups is 2. The van der Waals surface area contributed by atoms with E-state index in [9.17, 15) is 9.59 Å². The number of carboxylic acids is 1. The minimum atomic E-state index is -0.906. The number of carboxylic acid groups (broad SMARTS) is 1. The van der Waals surface area contributed by atoms with Crippen molar-refractivity contribution in [2.45, 2.75) is 32.4 Å². The second kappa shape index (κ2) is 12.7. The van der Waals surface area contributed by atoms with Gasteiger partial charge in [0.1, 0.15) is 11.5 Å². The molecule has 0 radical (unpaired) electrons. The molecule has 7 nitrogen and oxygen atoms in total. The molecule has 0 saturated heterocycles. The van der Waals surface area contributed by atoms with Crippen LogP contribution in [0.25, 0.3) is 0 Å². The van der Waals surface area contributed by atoms with Crippen LogP contribution in [0.1, 0.15) is 23.6 Å². The van der Waals surface area contributed by atoms with Crippen LogP contribution < -0.4 is 9.46 Å². The normalized spacial score (nSPS) is 11.4. The standard InChI is InChI=1S/C27H30N2O5S/c1-19(14-20-8-5-4-6-9-20)29(27(32)33-2)18-22-17-23(28-35-3)12-13-25(22)34-24-11-7-10-21(15-24)16-26(30)31/h4-13,15,17,19,28H,14,16,18H2,1-3H3,(H,30,31)/t19-/m0/s1. The molecule has 0 aromatic heterocycles. The first kappa shape index (κ1) is 26.0. The van der Waals surface area contributed by atoms with Crippen molar-refractivity contribution in [2.75, 3.05) is 18.1 Å². The molecule has 0 saturated carbocycles. The molecule has 0 unspecified atom stereocenters. The number of carbonyl (C=O) groups excluding carboxylic acids is 1. The summed E-state index contributed by atoms with van der Waals surface area (Å²) >= 11 is 1.47. The van der Waals surface area contributed by atoms with E-state index in [1.165, 1.54) is 19.1 Å². The van der Waals surface area contributed by atoms with Crippen molar-refractivity contribution in [1.29, 1.82) is 0 Å². The molecular weight excluding hydrogens is 464 g/mol. The van der Waals surface area contributed by atoms with Gasteiger partial charge < -0.3 is 24.2 Å². The number of nitrogens with zero attached hydrogens (tertiary/aromatic N) is 1. The Morgan fingerprint density at radius 2 is 1.77 bits per heavy atom. The largest absolute Gasteiger partial charge is 0.481 e. The molecule has 0 bridgehead atoms. The predicted molar refractivity (Wildman–Crippen MR) is 139 cm³/mol. The molecule has 8 heteroatoms. The highest BCUT2D eigenvalue weighted by molar-refractivity contribution is 7.99. The summed E-state index contributed by atoms with van der Waals surface area (Å²) < 4.78 is 14.5. The molecule has 0 fully saturated rings. The van der Waals surface area contributed by atoms with Gasteiger partial charge in [0.05, 0.1) is 20.1 Å². The summed E-state index contributed by atoms with van der Waals surface area (Å²) in [5.74, 6) is 0.193. The zero-order chi connectivity index (χ0) is 25.2. The third-order valence-electron chi connectivity index (χ3n) is 5.42. The van der Waals surface area contributed by atoms with E-state index in [-0.39, 0.29) is 19.0 Å². The van der Waals surface area contributed by atoms with Crippen molar-refractivity contribution in [1.82, 2.24) is 4.90 Å². The molecule has 1 atom stereocenters. The Balaban J connectivity index is 1.90. The summed E-state index contributed by atoms with van der Waals surface area (Å²) in [7, 11) is 1.38. The third kappa shape index (κ3) is 7.68. The minimum Gasteiger partial charge on any atom is -0.481 e. The fourth-order valence-corrected chi connectivity index (χ4v) is 4.13. The molecule has 0 heterocycles. The van der Waals surface area contributed by atoms with Crippen LogP contribution in [0.15, 0.2) is 72.8 Å². The van der Waals surface area contributed by atoms with E-state index in [2.05, 4.69) is 4.72 Å². The van der Waals surface area contributed by atoms with Crippen LogP contribution in [0, 0.1) is 0 Å². The highest BCUT2D eigenvalue weighted by Gasteiger charge is 2.23. The number of methoxy groups -OCH3 is 1. The highest BCUT2D eigenvalue weighted by Crippen LogP contribution is 2.31. The summed E-state index contributed by atoms with van der Waals surface area (Å²) in [5, 5.41) is 9.11. The smallest absolute Gasteiger partial charge is 0.410 e. The molecule has 0 aliphatic heterocycles. The first-order valence-electron chi connectivity index (χ1n) is 11.2. The third-order valence-corrected chi connectivity index (χ3v) is 5.86. The topological polar surface area (TPSA) is 88.1 Å². The van der Waals surface area contributed by atoms with Crippen LogP contribution in [0.3, 0.4) is 0 Å². The minimum absolute atomic E-state index is 0.0895. The first-order chi connectivity index (χ1) is 16.9. The van der Waals surface area contributed by atoms with Crippen LogP contribution in [-0.4, -0.2) is 41.5 Å². The van der Waals surface area contributed by atoms with Gasteiger partial charge in [-0.1, -0.05) is 54.4 Å². The Morgan fingerprint density at radius 1 is 1.03 bits per heavy atom. The Labute approximate surface area is 210 Å². The van der Waals surface area contributed by atoms with Gasteiger partial charge in [0.25, 0.3) is 0 Å². The van der Waals surface area contributed by atoms with Crippen LogP contribution in [0.5, 0.6) is 11.5 Å². The Bertz CT molecular complexity index is 1140. The lowest BCUT2D eigenvalue weighted by Gasteiger charge is -2.29. The van der Waals surface area contributed by atoms with E-state index in [1.807, 2.05) is 61.7 Å². The SMILES string of the molecule is COC(=O)N(Cc1cc(NSC)ccc1Oc1cccc(CC(=O)O)c1)[C@@H](C)Cc1ccccc1. The van der Waals surface area contributed by atoms with Crippen molar-refractivity contribution in [3.63, 3.8) is 0 Å². The molecule has 35 heavy (non-hydrogen) atoms. The van der Waals surface area contributed by atoms with Crippen molar-refractivity contribution in [2.24, 2.45) is 0 Å². The number of nitrogens with one attached hydrogen (secondary N) is 1. The molecule has 2 N–H and O–H groups in total. The van der Waals surface area contributed by atoms with E-state index >= 15 is 0 Å². The molecule has 184 valence electrons. The molecule has 0 spiro atoms. The number of rotatable bonds is 11. The van der Waals surface area contributed by atoms with Crippen molar-refractivity contribution >= 4 is 29.7 Å². The van der Waals surface area contributed by atoms with Gasteiger partial charge in [0.2, 0.25) is 0 Å². The molecule has 1 amide bonds. The number of anilines is 1. The molecule has 0 aliphatic carbocycles. The molecule has 3 aromatic rings. The maximum absolute atomic E-state index is 12.8. The van der Waals surface area contributed by atoms with E-state index < -0.39 is 12.1 Å². The fourth-order valence-electron chi connectivity index (χ4n) is 3.77. The number of ether oxygens (including phenoxy) is 2. The van der Waals surface area contributed by atoms with Crippen LogP contribution in [0.2, 0.25) is 0 Å². The number of aliphatic carboxylic acids is 1. The van der Waals surface area contributed by atoms with Gasteiger partial charge in [-0.05, 0) is 54.8 Å². The zero-order valence-corrected chi connectivity index (χ0v) is 20.9. The van der Waals surface area contributed by atoms with Gasteiger partial charge in [-0.25, -0.2) is 4.79 Å². The lowest BCUT2D eigenvalue weighted by atomic mass is 10.0. The lowest BCUT2D eigenvalue weighted by Crippen LogP contribution is -2.39. The second-order valence-electron chi connectivity index (χ2n) is 8.09. The zero-order valence-electron chi connectivity index (χ0n) is 20.1. The van der Waals surface area contributed by atoms with Crippen molar-refractivity contribution in [3.05, 3.63) is 89.5 Å². The van der Waals surface area contributed by atoms with E-state index in [1.54, 1.807) is 29.2 Å². The summed E-state index contributed by atoms with van der Waals surface area (Å²) in [5.41, 5.74) is 3.43. The van der Waals surface area contributed by atoms with Gasteiger partial charge in [-0.3, -0.25) is 4.79 Å². The van der Waals surface area contributed by atoms with E-state index in [4.69, 9.17) is 14.6 Å². The summed E-state index contributed by atoms with van der Waals surface area (Å²) in [6.45, 7) is 2.26.